The smallest absolute Gasteiger partial charge is 0.327 e. The number of carbonyl (C=O) groups excluding carboxylic acids is 1. The van der Waals surface area contributed by atoms with E-state index in [1.807, 2.05) is 6.92 Å². The van der Waals surface area contributed by atoms with Gasteiger partial charge in [0.1, 0.15) is 5.54 Å². The van der Waals surface area contributed by atoms with E-state index < -0.39 is 5.54 Å². The first-order valence-corrected chi connectivity index (χ1v) is 6.80. The van der Waals surface area contributed by atoms with E-state index in [9.17, 15) is 4.79 Å². The topological polar surface area (TPSA) is 41.6 Å². The van der Waals surface area contributed by atoms with Crippen LogP contribution in [0.15, 0.2) is 0 Å². The molecule has 1 atom stereocenters. The maximum Gasteiger partial charge on any atom is 0.327 e. The van der Waals surface area contributed by atoms with Crippen molar-refractivity contribution in [2.45, 2.75) is 50.6 Å². The van der Waals surface area contributed by atoms with Gasteiger partial charge in [0, 0.05) is 19.1 Å². The van der Waals surface area contributed by atoms with Crippen LogP contribution in [0.25, 0.3) is 0 Å². The van der Waals surface area contributed by atoms with E-state index in [2.05, 4.69) is 17.3 Å². The van der Waals surface area contributed by atoms with Gasteiger partial charge in [-0.3, -0.25) is 5.32 Å². The highest BCUT2D eigenvalue weighted by molar-refractivity contribution is 5.81. The first kappa shape index (κ1) is 12.8. The van der Waals surface area contributed by atoms with Crippen molar-refractivity contribution in [3.05, 3.63) is 0 Å². The molecule has 2 aliphatic rings. The lowest BCUT2D eigenvalue weighted by molar-refractivity contribution is -0.151. The molecule has 1 N–H and O–H groups in total. The predicted octanol–water partition coefficient (Wildman–Crippen LogP) is 1.16. The number of nitrogens with zero attached hydrogens (tertiary/aromatic N) is 1. The number of nitrogens with one attached hydrogen (secondary N) is 1. The Kier molecular flexibility index (Phi) is 4.05. The molecular formula is C13H24N2O2. The normalized spacial score (nSPS) is 30.9. The second-order valence-electron chi connectivity index (χ2n) is 5.42. The number of hydrogen-bond acceptors (Lipinski definition) is 4. The monoisotopic (exact) mass is 240 g/mol. The number of rotatable bonds is 4. The zero-order valence-corrected chi connectivity index (χ0v) is 11.0. The minimum Gasteiger partial charge on any atom is -0.465 e. The molecule has 2 fully saturated rings. The maximum absolute atomic E-state index is 12.2. The fraction of sp³-hybridized carbons (Fsp3) is 0.923. The van der Waals surface area contributed by atoms with Crippen molar-refractivity contribution in [1.29, 1.82) is 0 Å². The fourth-order valence-electron chi connectivity index (χ4n) is 3.07. The van der Waals surface area contributed by atoms with Crippen LogP contribution < -0.4 is 5.32 Å². The van der Waals surface area contributed by atoms with Gasteiger partial charge in [0.2, 0.25) is 0 Å². The number of ether oxygens (including phenoxy) is 1. The van der Waals surface area contributed by atoms with Gasteiger partial charge in [-0.25, -0.2) is 4.79 Å². The second kappa shape index (κ2) is 5.36. The third kappa shape index (κ3) is 2.80. The average molecular weight is 240 g/mol. The molecule has 1 saturated carbocycles. The average Bonchev–Trinajstić information content (AvgIpc) is 2.90. The van der Waals surface area contributed by atoms with E-state index in [1.165, 1.54) is 25.7 Å². The van der Waals surface area contributed by atoms with E-state index >= 15 is 0 Å². The highest BCUT2D eigenvalue weighted by Crippen LogP contribution is 2.27. The van der Waals surface area contributed by atoms with E-state index in [0.717, 1.165) is 19.5 Å². The highest BCUT2D eigenvalue weighted by atomic mass is 16.5. The van der Waals surface area contributed by atoms with Crippen LogP contribution in [0.2, 0.25) is 0 Å². The minimum atomic E-state index is -0.445. The molecule has 2 rings (SSSR count). The van der Waals surface area contributed by atoms with Crippen molar-refractivity contribution in [2.75, 3.05) is 26.7 Å². The Morgan fingerprint density at radius 1 is 1.47 bits per heavy atom. The molecule has 0 aromatic carbocycles. The molecule has 1 heterocycles. The van der Waals surface area contributed by atoms with Gasteiger partial charge in [-0.1, -0.05) is 12.8 Å². The van der Waals surface area contributed by atoms with Gasteiger partial charge < -0.3 is 9.64 Å². The quantitative estimate of drug-likeness (QED) is 0.749. The molecule has 0 aromatic heterocycles. The van der Waals surface area contributed by atoms with Crippen molar-refractivity contribution in [1.82, 2.24) is 10.2 Å². The van der Waals surface area contributed by atoms with Gasteiger partial charge in [0.25, 0.3) is 0 Å². The summed E-state index contributed by atoms with van der Waals surface area (Å²) in [6.45, 7) is 4.09. The molecule has 17 heavy (non-hydrogen) atoms. The van der Waals surface area contributed by atoms with E-state index in [0.29, 0.717) is 12.6 Å². The summed E-state index contributed by atoms with van der Waals surface area (Å²) in [4.78, 5) is 14.4. The Morgan fingerprint density at radius 2 is 2.18 bits per heavy atom. The Balaban J connectivity index is 2.03. The van der Waals surface area contributed by atoms with Crippen LogP contribution in [0.1, 0.15) is 39.0 Å². The number of likely N-dealkylation sites (tertiary alicyclic amines) is 1. The molecule has 0 aromatic rings. The Hall–Kier alpha value is -0.610. The summed E-state index contributed by atoms with van der Waals surface area (Å²) in [6, 6.07) is 0.505. The summed E-state index contributed by atoms with van der Waals surface area (Å²) in [7, 11) is 2.07. The molecule has 1 saturated heterocycles. The van der Waals surface area contributed by atoms with Crippen LogP contribution in [-0.4, -0.2) is 49.2 Å². The maximum atomic E-state index is 12.2. The van der Waals surface area contributed by atoms with Gasteiger partial charge >= 0.3 is 5.97 Å². The van der Waals surface area contributed by atoms with E-state index in [4.69, 9.17) is 4.74 Å². The predicted molar refractivity (Wildman–Crippen MR) is 66.9 cm³/mol. The lowest BCUT2D eigenvalue weighted by Gasteiger charge is -2.31. The van der Waals surface area contributed by atoms with Gasteiger partial charge in [-0.2, -0.15) is 0 Å². The van der Waals surface area contributed by atoms with Crippen LogP contribution in [0.5, 0.6) is 0 Å². The third-order valence-corrected chi connectivity index (χ3v) is 3.96. The first-order valence-electron chi connectivity index (χ1n) is 6.80. The molecule has 4 nitrogen and oxygen atoms in total. The fourth-order valence-corrected chi connectivity index (χ4v) is 3.07. The van der Waals surface area contributed by atoms with Gasteiger partial charge in [0.15, 0.2) is 0 Å². The van der Waals surface area contributed by atoms with Gasteiger partial charge in [0.05, 0.1) is 6.61 Å². The number of carbonyl (C=O) groups is 1. The highest BCUT2D eigenvalue weighted by Gasteiger charge is 2.46. The molecule has 0 radical (unpaired) electrons. The van der Waals surface area contributed by atoms with Crippen molar-refractivity contribution >= 4 is 5.97 Å². The Bertz CT molecular complexity index is 277. The Labute approximate surface area is 104 Å². The molecule has 1 aliphatic heterocycles. The zero-order valence-electron chi connectivity index (χ0n) is 11.0. The van der Waals surface area contributed by atoms with Crippen molar-refractivity contribution in [3.8, 4) is 0 Å². The molecule has 4 heteroatoms. The standard InChI is InChI=1S/C13H24N2O2/c1-3-17-12(16)13(8-9-15(2)10-13)14-11-6-4-5-7-11/h11,14H,3-10H2,1-2H3. The lowest BCUT2D eigenvalue weighted by Crippen LogP contribution is -2.57. The molecule has 98 valence electrons. The van der Waals surface area contributed by atoms with Crippen LogP contribution in [0, 0.1) is 0 Å². The summed E-state index contributed by atoms with van der Waals surface area (Å²) in [5, 5.41) is 3.59. The first-order chi connectivity index (χ1) is 8.16. The van der Waals surface area contributed by atoms with Gasteiger partial charge in [-0.05, 0) is 33.2 Å². The summed E-state index contributed by atoms with van der Waals surface area (Å²) in [5.41, 5.74) is -0.445. The summed E-state index contributed by atoms with van der Waals surface area (Å²) < 4.78 is 5.26. The molecule has 1 aliphatic carbocycles. The van der Waals surface area contributed by atoms with Crippen molar-refractivity contribution in [2.24, 2.45) is 0 Å². The SMILES string of the molecule is CCOC(=O)C1(NC2CCCC2)CCN(C)C1. The van der Waals surface area contributed by atoms with Crippen molar-refractivity contribution in [3.63, 3.8) is 0 Å². The van der Waals surface area contributed by atoms with E-state index in [-0.39, 0.29) is 5.97 Å². The summed E-state index contributed by atoms with van der Waals surface area (Å²) in [5.74, 6) is -0.0590. The number of likely N-dealkylation sites (N-methyl/N-ethyl adjacent to an activating group) is 1. The summed E-state index contributed by atoms with van der Waals surface area (Å²) >= 11 is 0. The second-order valence-corrected chi connectivity index (χ2v) is 5.42. The van der Waals surface area contributed by atoms with Crippen molar-refractivity contribution < 1.29 is 9.53 Å². The Morgan fingerprint density at radius 3 is 2.71 bits per heavy atom. The number of esters is 1. The van der Waals surface area contributed by atoms with Gasteiger partial charge in [-0.15, -0.1) is 0 Å². The zero-order chi connectivity index (χ0) is 12.3. The van der Waals surface area contributed by atoms with Crippen LogP contribution in [0.4, 0.5) is 0 Å². The van der Waals surface area contributed by atoms with E-state index in [1.54, 1.807) is 0 Å². The molecule has 0 spiro atoms. The summed E-state index contributed by atoms with van der Waals surface area (Å²) in [6.07, 6.45) is 5.84. The third-order valence-electron chi connectivity index (χ3n) is 3.96. The number of hydrogen-bond donors (Lipinski definition) is 1. The lowest BCUT2D eigenvalue weighted by atomic mass is 9.96. The van der Waals surface area contributed by atoms with Crippen LogP contribution in [0.3, 0.4) is 0 Å². The van der Waals surface area contributed by atoms with Crippen LogP contribution >= 0.6 is 0 Å². The molecule has 0 amide bonds. The largest absolute Gasteiger partial charge is 0.465 e. The molecule has 1 unspecified atom stereocenters. The van der Waals surface area contributed by atoms with Crippen LogP contribution in [-0.2, 0) is 9.53 Å². The molecular weight excluding hydrogens is 216 g/mol. The minimum absolute atomic E-state index is 0.0590. The molecule has 0 bridgehead atoms.